The third-order valence-electron chi connectivity index (χ3n) is 1.94. The van der Waals surface area contributed by atoms with Gasteiger partial charge in [0.15, 0.2) is 0 Å². The summed E-state index contributed by atoms with van der Waals surface area (Å²) in [5.41, 5.74) is 2.79. The first-order chi connectivity index (χ1) is 5.22. The number of alkyl halides is 1. The summed E-state index contributed by atoms with van der Waals surface area (Å²) in [5.74, 6) is 0. The lowest BCUT2D eigenvalue weighted by Crippen LogP contribution is -2.42. The van der Waals surface area contributed by atoms with Gasteiger partial charge in [0, 0.05) is 23.5 Å². The van der Waals surface area contributed by atoms with Gasteiger partial charge in [-0.25, -0.2) is 0 Å². The van der Waals surface area contributed by atoms with E-state index in [9.17, 15) is 0 Å². The molecule has 1 rings (SSSR count). The standard InChI is InChI=1S/C8H13Cl2N/c1-6(4-9)5-11-8-2-7(10)3-8/h4,7-8,11H,2-3,5H2,1H3. The second-order valence-electron chi connectivity index (χ2n) is 3.10. The van der Waals surface area contributed by atoms with Gasteiger partial charge in [-0.05, 0) is 25.3 Å². The Bertz CT molecular complexity index is 150. The van der Waals surface area contributed by atoms with Gasteiger partial charge >= 0.3 is 0 Å². The first kappa shape index (κ1) is 9.37. The average molecular weight is 194 g/mol. The van der Waals surface area contributed by atoms with E-state index in [2.05, 4.69) is 5.32 Å². The fourth-order valence-electron chi connectivity index (χ4n) is 1.06. The highest BCUT2D eigenvalue weighted by atomic mass is 35.5. The maximum absolute atomic E-state index is 5.81. The van der Waals surface area contributed by atoms with Gasteiger partial charge < -0.3 is 5.32 Å². The molecule has 0 radical (unpaired) electrons. The van der Waals surface area contributed by atoms with Crippen LogP contribution in [0.3, 0.4) is 0 Å². The first-order valence-electron chi connectivity index (χ1n) is 3.85. The highest BCUT2D eigenvalue weighted by Crippen LogP contribution is 2.25. The minimum absolute atomic E-state index is 0.396. The SMILES string of the molecule is CC(=CCl)CNC1CC(Cl)C1. The van der Waals surface area contributed by atoms with Crippen LogP contribution >= 0.6 is 23.2 Å². The smallest absolute Gasteiger partial charge is 0.0365 e. The molecule has 0 atom stereocenters. The van der Waals surface area contributed by atoms with E-state index in [4.69, 9.17) is 23.2 Å². The van der Waals surface area contributed by atoms with E-state index >= 15 is 0 Å². The number of nitrogens with one attached hydrogen (secondary N) is 1. The fourth-order valence-corrected chi connectivity index (χ4v) is 1.57. The summed E-state index contributed by atoms with van der Waals surface area (Å²) in [5, 5.41) is 3.76. The second-order valence-corrected chi connectivity index (χ2v) is 3.94. The monoisotopic (exact) mass is 193 g/mol. The Morgan fingerprint density at radius 1 is 1.64 bits per heavy atom. The summed E-state index contributed by atoms with van der Waals surface area (Å²) >= 11 is 11.3. The van der Waals surface area contributed by atoms with Crippen molar-refractivity contribution in [3.8, 4) is 0 Å². The van der Waals surface area contributed by atoms with Crippen LogP contribution in [0.25, 0.3) is 0 Å². The lowest BCUT2D eigenvalue weighted by Gasteiger charge is -2.31. The van der Waals surface area contributed by atoms with Crippen molar-refractivity contribution in [2.45, 2.75) is 31.2 Å². The van der Waals surface area contributed by atoms with Crippen LogP contribution in [0, 0.1) is 0 Å². The predicted octanol–water partition coefficient (Wildman–Crippen LogP) is 2.49. The van der Waals surface area contributed by atoms with E-state index in [1.54, 1.807) is 5.54 Å². The molecular formula is C8H13Cl2N. The van der Waals surface area contributed by atoms with E-state index in [-0.39, 0.29) is 0 Å². The molecule has 64 valence electrons. The van der Waals surface area contributed by atoms with Crippen molar-refractivity contribution in [3.63, 3.8) is 0 Å². The van der Waals surface area contributed by atoms with Crippen LogP contribution in [0.1, 0.15) is 19.8 Å². The third kappa shape index (κ3) is 3.02. The summed E-state index contributed by atoms with van der Waals surface area (Å²) < 4.78 is 0. The van der Waals surface area contributed by atoms with Gasteiger partial charge in [0.25, 0.3) is 0 Å². The Hall–Kier alpha value is 0.280. The molecule has 0 aromatic heterocycles. The van der Waals surface area contributed by atoms with Crippen molar-refractivity contribution in [3.05, 3.63) is 11.1 Å². The normalized spacial score (nSPS) is 31.7. The second kappa shape index (κ2) is 4.34. The van der Waals surface area contributed by atoms with Gasteiger partial charge in [-0.3, -0.25) is 0 Å². The summed E-state index contributed by atoms with van der Waals surface area (Å²) in [6.07, 6.45) is 2.19. The Morgan fingerprint density at radius 2 is 2.27 bits per heavy atom. The van der Waals surface area contributed by atoms with Gasteiger partial charge in [-0.15, -0.1) is 11.6 Å². The molecule has 0 unspecified atom stereocenters. The number of halogens is 2. The van der Waals surface area contributed by atoms with Crippen molar-refractivity contribution < 1.29 is 0 Å². The molecule has 0 bridgehead atoms. The molecule has 0 saturated heterocycles. The van der Waals surface area contributed by atoms with Crippen LogP contribution in [-0.2, 0) is 0 Å². The molecule has 0 amide bonds. The molecule has 1 aliphatic carbocycles. The Labute approximate surface area is 77.8 Å². The first-order valence-corrected chi connectivity index (χ1v) is 4.73. The Morgan fingerprint density at radius 3 is 2.73 bits per heavy atom. The molecule has 1 saturated carbocycles. The van der Waals surface area contributed by atoms with Crippen LogP contribution in [0.5, 0.6) is 0 Å². The minimum Gasteiger partial charge on any atom is -0.310 e. The molecule has 1 fully saturated rings. The Kier molecular flexibility index (Phi) is 3.70. The van der Waals surface area contributed by atoms with E-state index in [1.807, 2.05) is 6.92 Å². The van der Waals surface area contributed by atoms with Gasteiger partial charge in [-0.2, -0.15) is 0 Å². The Balaban J connectivity index is 2.05. The fraction of sp³-hybridized carbons (Fsp3) is 0.750. The van der Waals surface area contributed by atoms with Gasteiger partial charge in [0.2, 0.25) is 0 Å². The van der Waals surface area contributed by atoms with Crippen LogP contribution in [-0.4, -0.2) is 18.0 Å². The van der Waals surface area contributed by atoms with Crippen LogP contribution < -0.4 is 5.32 Å². The zero-order valence-corrected chi connectivity index (χ0v) is 8.12. The molecular weight excluding hydrogens is 181 g/mol. The molecule has 0 aromatic carbocycles. The molecule has 0 aromatic rings. The van der Waals surface area contributed by atoms with E-state index in [0.717, 1.165) is 19.4 Å². The predicted molar refractivity (Wildman–Crippen MR) is 50.3 cm³/mol. The highest BCUT2D eigenvalue weighted by molar-refractivity contribution is 6.25. The van der Waals surface area contributed by atoms with Crippen LogP contribution in [0.2, 0.25) is 0 Å². The molecule has 1 nitrogen and oxygen atoms in total. The van der Waals surface area contributed by atoms with Crippen molar-refractivity contribution in [1.29, 1.82) is 0 Å². The number of hydrogen-bond acceptors (Lipinski definition) is 1. The van der Waals surface area contributed by atoms with Crippen LogP contribution in [0.4, 0.5) is 0 Å². The molecule has 0 heterocycles. The zero-order chi connectivity index (χ0) is 8.27. The summed E-state index contributed by atoms with van der Waals surface area (Å²) in [7, 11) is 0. The zero-order valence-electron chi connectivity index (χ0n) is 6.61. The molecule has 11 heavy (non-hydrogen) atoms. The van der Waals surface area contributed by atoms with Crippen LogP contribution in [0.15, 0.2) is 11.1 Å². The third-order valence-corrected chi connectivity index (χ3v) is 2.67. The molecule has 0 spiro atoms. The van der Waals surface area contributed by atoms with Gasteiger partial charge in [0.05, 0.1) is 0 Å². The summed E-state index contributed by atoms with van der Waals surface area (Å²) in [4.78, 5) is 0. The minimum atomic E-state index is 0.396. The molecule has 1 aliphatic rings. The van der Waals surface area contributed by atoms with Gasteiger partial charge in [-0.1, -0.05) is 11.6 Å². The van der Waals surface area contributed by atoms with Gasteiger partial charge in [0.1, 0.15) is 0 Å². The quantitative estimate of drug-likeness (QED) is 0.680. The van der Waals surface area contributed by atoms with Crippen molar-refractivity contribution in [2.24, 2.45) is 0 Å². The van der Waals surface area contributed by atoms with Crippen molar-refractivity contribution >= 4 is 23.2 Å². The number of hydrogen-bond donors (Lipinski definition) is 1. The maximum Gasteiger partial charge on any atom is 0.0365 e. The molecule has 1 N–H and O–H groups in total. The number of rotatable bonds is 3. The summed E-state index contributed by atoms with van der Waals surface area (Å²) in [6.45, 7) is 2.90. The van der Waals surface area contributed by atoms with E-state index < -0.39 is 0 Å². The highest BCUT2D eigenvalue weighted by Gasteiger charge is 2.26. The lowest BCUT2D eigenvalue weighted by molar-refractivity contribution is 0.356. The van der Waals surface area contributed by atoms with Crippen molar-refractivity contribution in [1.82, 2.24) is 5.32 Å². The summed E-state index contributed by atoms with van der Waals surface area (Å²) in [6, 6.07) is 0.615. The van der Waals surface area contributed by atoms with E-state index in [1.165, 1.54) is 5.57 Å². The topological polar surface area (TPSA) is 12.0 Å². The molecule has 0 aliphatic heterocycles. The van der Waals surface area contributed by atoms with E-state index in [0.29, 0.717) is 11.4 Å². The largest absolute Gasteiger partial charge is 0.310 e. The average Bonchev–Trinajstić information content (AvgIpc) is 1.95. The van der Waals surface area contributed by atoms with Crippen molar-refractivity contribution in [2.75, 3.05) is 6.54 Å². The maximum atomic E-state index is 5.81. The molecule has 3 heteroatoms. The lowest BCUT2D eigenvalue weighted by atomic mass is 9.92.